The van der Waals surface area contributed by atoms with E-state index < -0.39 is 0 Å². The molecule has 0 aliphatic carbocycles. The minimum atomic E-state index is 0.926. The second-order valence-electron chi connectivity index (χ2n) is 15.5. The van der Waals surface area contributed by atoms with Gasteiger partial charge in [-0.1, -0.05) is 164 Å². The van der Waals surface area contributed by atoms with Gasteiger partial charge in [-0.25, -0.2) is 0 Å². The lowest BCUT2D eigenvalue weighted by Crippen LogP contribution is -1.91. The molecule has 0 bridgehead atoms. The summed E-state index contributed by atoms with van der Waals surface area (Å²) in [6.45, 7) is 0. The van der Waals surface area contributed by atoms with Crippen molar-refractivity contribution in [2.24, 2.45) is 0 Å². The zero-order valence-electron chi connectivity index (χ0n) is 31.3. The molecule has 0 amide bonds. The average molecular weight is 753 g/mol. The first kappa shape index (κ1) is 31.9. The van der Waals surface area contributed by atoms with Crippen molar-refractivity contribution < 1.29 is 4.42 Å². The maximum atomic E-state index is 6.86. The predicted molar refractivity (Wildman–Crippen MR) is 250 cm³/mol. The first-order valence-corrected chi connectivity index (χ1v) is 20.7. The average Bonchev–Trinajstić information content (AvgIpc) is 3.86. The Kier molecular flexibility index (Phi) is 6.66. The molecule has 0 radical (unpaired) electrons. The SMILES string of the molecule is c1ccc2c(-c3c4ccccc4c(-c4ccc5cc(-c6cc7oc8c(ccc9c%10ccccc%10sc98)c7c7ccccc67)ccc5c4)c4ccccc34)cccc2c1. The van der Waals surface area contributed by atoms with Gasteiger partial charge in [0.15, 0.2) is 5.58 Å². The molecule has 0 aliphatic rings. The number of rotatable bonds is 3. The van der Waals surface area contributed by atoms with Gasteiger partial charge in [0.2, 0.25) is 0 Å². The summed E-state index contributed by atoms with van der Waals surface area (Å²) in [5, 5.41) is 17.4. The smallest absolute Gasteiger partial charge is 0.153 e. The fourth-order valence-electron chi connectivity index (χ4n) is 9.86. The Balaban J connectivity index is 0.989. The highest BCUT2D eigenvalue weighted by Gasteiger charge is 2.20. The highest BCUT2D eigenvalue weighted by molar-refractivity contribution is 7.26. The first-order chi connectivity index (χ1) is 28.8. The van der Waals surface area contributed by atoms with Crippen LogP contribution in [-0.4, -0.2) is 0 Å². The van der Waals surface area contributed by atoms with Gasteiger partial charge in [-0.2, -0.15) is 0 Å². The largest absolute Gasteiger partial charge is 0.455 e. The van der Waals surface area contributed by atoms with Crippen LogP contribution in [0, 0.1) is 0 Å². The van der Waals surface area contributed by atoms with Crippen LogP contribution in [-0.2, 0) is 0 Å². The number of hydrogen-bond donors (Lipinski definition) is 0. The van der Waals surface area contributed by atoms with Gasteiger partial charge in [0.25, 0.3) is 0 Å². The van der Waals surface area contributed by atoms with Gasteiger partial charge in [0.1, 0.15) is 5.58 Å². The second-order valence-corrected chi connectivity index (χ2v) is 16.6. The number of benzene rings is 11. The minimum absolute atomic E-state index is 0.926. The van der Waals surface area contributed by atoms with Crippen LogP contribution in [0.2, 0.25) is 0 Å². The summed E-state index contributed by atoms with van der Waals surface area (Å²) in [5.41, 5.74) is 9.32. The molecule has 58 heavy (non-hydrogen) atoms. The van der Waals surface area contributed by atoms with Crippen LogP contribution < -0.4 is 0 Å². The Hall–Kier alpha value is -7.26. The van der Waals surface area contributed by atoms with Crippen LogP contribution in [0.25, 0.3) is 129 Å². The number of hydrogen-bond acceptors (Lipinski definition) is 2. The molecule has 0 saturated carbocycles. The van der Waals surface area contributed by atoms with Crippen LogP contribution in [0.3, 0.4) is 0 Å². The number of thiophene rings is 1. The van der Waals surface area contributed by atoms with Crippen molar-refractivity contribution in [3.8, 4) is 33.4 Å². The highest BCUT2D eigenvalue weighted by atomic mass is 32.1. The quantitative estimate of drug-likeness (QED) is 0.164. The summed E-state index contributed by atoms with van der Waals surface area (Å²) in [6, 6.07) is 71.5. The summed E-state index contributed by atoms with van der Waals surface area (Å²) in [5.74, 6) is 0. The molecule has 0 spiro atoms. The third-order valence-electron chi connectivity index (χ3n) is 12.4. The number of furan rings is 1. The van der Waals surface area contributed by atoms with E-state index in [-0.39, 0.29) is 0 Å². The van der Waals surface area contributed by atoms with Crippen LogP contribution in [0.4, 0.5) is 0 Å². The zero-order valence-corrected chi connectivity index (χ0v) is 32.1. The van der Waals surface area contributed by atoms with E-state index in [2.05, 4.69) is 194 Å². The molecule has 268 valence electrons. The number of fused-ring (bicyclic) bond motifs is 13. The molecule has 0 atom stereocenters. The van der Waals surface area contributed by atoms with Gasteiger partial charge in [-0.15, -0.1) is 11.3 Å². The van der Waals surface area contributed by atoms with Crippen molar-refractivity contribution in [1.29, 1.82) is 0 Å². The minimum Gasteiger partial charge on any atom is -0.455 e. The van der Waals surface area contributed by atoms with Gasteiger partial charge in [0.05, 0.1) is 4.70 Å². The predicted octanol–water partition coefficient (Wildman–Crippen LogP) is 16.7. The summed E-state index contributed by atoms with van der Waals surface area (Å²) in [4.78, 5) is 0. The van der Waals surface area contributed by atoms with E-state index >= 15 is 0 Å². The molecule has 2 aromatic heterocycles. The molecule has 0 saturated heterocycles. The van der Waals surface area contributed by atoms with Gasteiger partial charge in [-0.3, -0.25) is 0 Å². The van der Waals surface area contributed by atoms with Gasteiger partial charge < -0.3 is 4.42 Å². The van der Waals surface area contributed by atoms with Gasteiger partial charge in [0, 0.05) is 26.2 Å². The Morgan fingerprint density at radius 1 is 0.328 bits per heavy atom. The maximum Gasteiger partial charge on any atom is 0.153 e. The van der Waals surface area contributed by atoms with Crippen LogP contribution in [0.5, 0.6) is 0 Å². The molecule has 0 N–H and O–H groups in total. The maximum absolute atomic E-state index is 6.86. The Labute approximate surface area is 337 Å². The van der Waals surface area contributed by atoms with E-state index in [0.29, 0.717) is 0 Å². The molecule has 0 unspecified atom stereocenters. The van der Waals surface area contributed by atoms with E-state index in [1.54, 1.807) is 0 Å². The fraction of sp³-hybridized carbons (Fsp3) is 0. The van der Waals surface area contributed by atoms with E-state index in [1.165, 1.54) is 118 Å². The topological polar surface area (TPSA) is 13.1 Å². The fourth-order valence-corrected chi connectivity index (χ4v) is 11.0. The summed E-state index contributed by atoms with van der Waals surface area (Å²) in [6.07, 6.45) is 0. The van der Waals surface area contributed by atoms with Crippen molar-refractivity contribution in [2.45, 2.75) is 0 Å². The van der Waals surface area contributed by atoms with Crippen LogP contribution in [0.15, 0.2) is 199 Å². The Morgan fingerprint density at radius 3 is 1.66 bits per heavy atom. The van der Waals surface area contributed by atoms with Crippen molar-refractivity contribution in [3.63, 3.8) is 0 Å². The summed E-state index contributed by atoms with van der Waals surface area (Å²) < 4.78 is 9.36. The summed E-state index contributed by atoms with van der Waals surface area (Å²) >= 11 is 1.82. The molecular formula is C56H32OS. The van der Waals surface area contributed by atoms with Gasteiger partial charge >= 0.3 is 0 Å². The highest BCUT2D eigenvalue weighted by Crippen LogP contribution is 2.48. The molecule has 1 nitrogen and oxygen atoms in total. The summed E-state index contributed by atoms with van der Waals surface area (Å²) in [7, 11) is 0. The van der Waals surface area contributed by atoms with Crippen molar-refractivity contribution in [3.05, 3.63) is 194 Å². The van der Waals surface area contributed by atoms with Gasteiger partial charge in [-0.05, 0) is 118 Å². The molecule has 0 fully saturated rings. The normalized spacial score (nSPS) is 12.1. The van der Waals surface area contributed by atoms with E-state index in [4.69, 9.17) is 4.42 Å². The first-order valence-electron chi connectivity index (χ1n) is 19.9. The lowest BCUT2D eigenvalue weighted by molar-refractivity contribution is 0.673. The lowest BCUT2D eigenvalue weighted by atomic mass is 9.84. The zero-order chi connectivity index (χ0) is 37.9. The van der Waals surface area contributed by atoms with Crippen LogP contribution in [0.1, 0.15) is 0 Å². The van der Waals surface area contributed by atoms with Crippen molar-refractivity contribution >= 4 is 107 Å². The Bertz CT molecular complexity index is 3800. The van der Waals surface area contributed by atoms with E-state index in [1.807, 2.05) is 11.3 Å². The van der Waals surface area contributed by atoms with E-state index in [0.717, 1.165) is 11.2 Å². The Morgan fingerprint density at radius 2 is 0.897 bits per heavy atom. The second kappa shape index (κ2) is 12.1. The standard InChI is InChI=1S/C56H32OS/c1-2-14-38-33(12-1)13-11-22-41(38)53-45-20-7-5-18-43(45)52(44-19-6-8-21-46(44)53)37-27-25-34-30-36(26-24-35(34)31-37)49-32-50-54(42-17-4-3-15-39(42)49)48-29-28-47-40-16-9-10-23-51(40)58-56(47)55(48)57-50/h1-32H. The molecule has 13 aromatic rings. The third kappa shape index (κ3) is 4.52. The molecule has 11 aromatic carbocycles. The van der Waals surface area contributed by atoms with Crippen molar-refractivity contribution in [1.82, 2.24) is 0 Å². The van der Waals surface area contributed by atoms with Crippen molar-refractivity contribution in [2.75, 3.05) is 0 Å². The third-order valence-corrected chi connectivity index (χ3v) is 13.6. The molecule has 13 rings (SSSR count). The van der Waals surface area contributed by atoms with E-state index in [9.17, 15) is 0 Å². The molecular weight excluding hydrogens is 721 g/mol. The lowest BCUT2D eigenvalue weighted by Gasteiger charge is -2.19. The monoisotopic (exact) mass is 752 g/mol. The molecule has 0 aliphatic heterocycles. The molecule has 2 heteroatoms. The van der Waals surface area contributed by atoms with Crippen LogP contribution >= 0.6 is 11.3 Å². The molecule has 2 heterocycles.